The lowest BCUT2D eigenvalue weighted by Crippen LogP contribution is -2.58. The molecular weight excluding hydrogens is 625 g/mol. The number of hydrogen-bond donors (Lipinski definition) is 1. The van der Waals surface area contributed by atoms with Gasteiger partial charge in [0.25, 0.3) is 0 Å². The maximum Gasteiger partial charge on any atom is 0.246 e. The number of H-pyrrole nitrogens is 1. The Morgan fingerprint density at radius 3 is 2.33 bits per heavy atom. The van der Waals surface area contributed by atoms with Crippen LogP contribution in [-0.4, -0.2) is 61.9 Å². The van der Waals surface area contributed by atoms with Gasteiger partial charge in [-0.05, 0) is 44.5 Å². The van der Waals surface area contributed by atoms with E-state index in [1.165, 1.54) is 12.4 Å². The summed E-state index contributed by atoms with van der Waals surface area (Å²) in [5, 5.41) is 9.07. The molecule has 2 aromatic heterocycles. The van der Waals surface area contributed by atoms with Gasteiger partial charge in [0.1, 0.15) is 17.7 Å². The highest BCUT2D eigenvalue weighted by Crippen LogP contribution is 2.44. The third-order valence-electron chi connectivity index (χ3n) is 9.00. The number of carbonyl (C=O) groups is 1. The van der Waals surface area contributed by atoms with Crippen molar-refractivity contribution in [1.82, 2.24) is 25.1 Å². The summed E-state index contributed by atoms with van der Waals surface area (Å²) in [6.45, 7) is 10.5. The van der Waals surface area contributed by atoms with Crippen LogP contribution in [0.3, 0.4) is 0 Å². The maximum absolute atomic E-state index is 17.0. The van der Waals surface area contributed by atoms with E-state index in [4.69, 9.17) is 16.6 Å². The van der Waals surface area contributed by atoms with Crippen molar-refractivity contribution in [3.8, 4) is 11.1 Å². The number of aromatic nitrogens is 4. The van der Waals surface area contributed by atoms with E-state index >= 15 is 4.39 Å². The van der Waals surface area contributed by atoms with Crippen molar-refractivity contribution < 1.29 is 9.18 Å². The van der Waals surface area contributed by atoms with Crippen LogP contribution in [0, 0.1) is 12.7 Å². The molecule has 0 radical (unpaired) electrons. The third kappa shape index (κ3) is 5.40. The molecule has 0 aliphatic carbocycles. The molecule has 0 spiro atoms. The third-order valence-corrected chi connectivity index (χ3v) is 9.30. The lowest BCUT2D eigenvalue weighted by atomic mass is 9.94. The van der Waals surface area contributed by atoms with E-state index in [1.54, 1.807) is 11.0 Å². The van der Waals surface area contributed by atoms with Gasteiger partial charge in [0.2, 0.25) is 5.91 Å². The molecule has 48 heavy (non-hydrogen) atoms. The highest BCUT2D eigenvalue weighted by Gasteiger charge is 2.33. The van der Waals surface area contributed by atoms with Crippen molar-refractivity contribution in [2.45, 2.75) is 32.9 Å². The number of carbonyl (C=O) groups excluding carboxylic acids is 1. The molecular formula is C38H33ClFN7O. The van der Waals surface area contributed by atoms with Gasteiger partial charge in [-0.1, -0.05) is 84.9 Å². The van der Waals surface area contributed by atoms with Crippen LogP contribution in [0.5, 0.6) is 0 Å². The van der Waals surface area contributed by atoms with Crippen molar-refractivity contribution in [2.75, 3.05) is 18.0 Å². The van der Waals surface area contributed by atoms with Crippen LogP contribution in [0.15, 0.2) is 103 Å². The lowest BCUT2D eigenvalue weighted by Gasteiger charge is -2.44. The molecule has 0 saturated carbocycles. The Bertz CT molecular complexity index is 2180. The fraction of sp³-hybridized carbons (Fsp3) is 0.184. The second-order valence-corrected chi connectivity index (χ2v) is 12.5. The van der Waals surface area contributed by atoms with E-state index in [9.17, 15) is 4.79 Å². The summed E-state index contributed by atoms with van der Waals surface area (Å²) in [4.78, 5) is 30.4. The SMILES string of the molecule is C=CC(=O)N1C[C@H](C)N(c2ncnc3c(F)c(-c4c(C)ccc5[nH]nc(N=C(c6ccccc6)c6ccccc6)c45)c(Cl)cc23)C[C@H]1C. The van der Waals surface area contributed by atoms with E-state index < -0.39 is 5.82 Å². The number of anilines is 1. The molecule has 1 saturated heterocycles. The molecule has 2 atom stereocenters. The van der Waals surface area contributed by atoms with Gasteiger partial charge in [-0.2, -0.15) is 5.10 Å². The first-order chi connectivity index (χ1) is 23.3. The number of aryl methyl sites for hydroxylation is 1. The van der Waals surface area contributed by atoms with Crippen molar-refractivity contribution in [2.24, 2.45) is 4.99 Å². The van der Waals surface area contributed by atoms with Crippen LogP contribution < -0.4 is 4.90 Å². The van der Waals surface area contributed by atoms with Crippen LogP contribution in [0.4, 0.5) is 16.0 Å². The van der Waals surface area contributed by atoms with Gasteiger partial charge in [-0.15, -0.1) is 0 Å². The number of halogens is 2. The van der Waals surface area contributed by atoms with Crippen LogP contribution in [-0.2, 0) is 4.79 Å². The second-order valence-electron chi connectivity index (χ2n) is 12.1. The molecule has 3 heterocycles. The average Bonchev–Trinajstić information content (AvgIpc) is 3.51. The van der Waals surface area contributed by atoms with E-state index in [-0.39, 0.29) is 34.1 Å². The predicted molar refractivity (Wildman–Crippen MR) is 191 cm³/mol. The molecule has 0 unspecified atom stereocenters. The minimum atomic E-state index is -0.555. The van der Waals surface area contributed by atoms with Gasteiger partial charge in [0.15, 0.2) is 11.6 Å². The number of rotatable bonds is 6. The number of aliphatic imine (C=N–C) groups is 1. The van der Waals surface area contributed by atoms with Gasteiger partial charge < -0.3 is 9.80 Å². The largest absolute Gasteiger partial charge is 0.349 e. The van der Waals surface area contributed by atoms with E-state index in [0.717, 1.165) is 22.4 Å². The summed E-state index contributed by atoms with van der Waals surface area (Å²) < 4.78 is 17.0. The highest BCUT2D eigenvalue weighted by molar-refractivity contribution is 6.35. The quantitative estimate of drug-likeness (QED) is 0.145. The van der Waals surface area contributed by atoms with E-state index in [1.807, 2.05) is 93.6 Å². The zero-order valence-corrected chi connectivity index (χ0v) is 27.5. The fourth-order valence-corrected chi connectivity index (χ4v) is 6.90. The van der Waals surface area contributed by atoms with Gasteiger partial charge >= 0.3 is 0 Å². The Hall–Kier alpha value is -5.41. The Kier molecular flexibility index (Phi) is 8.23. The summed E-state index contributed by atoms with van der Waals surface area (Å²) in [6.07, 6.45) is 2.71. The number of amides is 1. The Labute approximate surface area is 282 Å². The van der Waals surface area contributed by atoms with Gasteiger partial charge in [0, 0.05) is 52.8 Å². The number of benzene rings is 4. The molecule has 1 amide bonds. The second kappa shape index (κ2) is 12.7. The summed E-state index contributed by atoms with van der Waals surface area (Å²) in [5.74, 6) is 0.309. The predicted octanol–water partition coefficient (Wildman–Crippen LogP) is 8.05. The smallest absolute Gasteiger partial charge is 0.246 e. The maximum atomic E-state index is 17.0. The van der Waals surface area contributed by atoms with Gasteiger partial charge in [-0.25, -0.2) is 19.4 Å². The Balaban J connectivity index is 1.40. The number of fused-ring (bicyclic) bond motifs is 2. The summed E-state index contributed by atoms with van der Waals surface area (Å²) >= 11 is 7.05. The first kappa shape index (κ1) is 31.2. The average molecular weight is 658 g/mol. The van der Waals surface area contributed by atoms with Crippen molar-refractivity contribution >= 4 is 56.7 Å². The molecule has 1 fully saturated rings. The van der Waals surface area contributed by atoms with Crippen molar-refractivity contribution in [3.05, 3.63) is 125 Å². The number of hydrogen-bond acceptors (Lipinski definition) is 6. The zero-order valence-electron chi connectivity index (χ0n) is 26.8. The standard InChI is InChI=1S/C38H33ClFN7O/c1-5-30(48)46-19-24(4)47(20-23(46)3)38-27-18-28(39)32(34(40)36(27)41-21-42-38)31-22(2)16-17-29-33(31)37(45-44-29)43-35(25-12-8-6-9-13-25)26-14-10-7-11-15-26/h5-18,21,23-24H,1,19-20H2,2-4H3,(H,44,45)/t23-,24+/m1/s1. The fourth-order valence-electron chi connectivity index (χ4n) is 6.62. The number of nitrogens with one attached hydrogen (secondary N) is 1. The first-order valence-corrected chi connectivity index (χ1v) is 16.1. The molecule has 10 heteroatoms. The van der Waals surface area contributed by atoms with E-state index in [0.29, 0.717) is 46.6 Å². The molecule has 8 nitrogen and oxygen atoms in total. The number of piperazine rings is 1. The number of nitrogens with zero attached hydrogens (tertiary/aromatic N) is 6. The first-order valence-electron chi connectivity index (χ1n) is 15.8. The molecule has 7 rings (SSSR count). The molecule has 1 aliphatic heterocycles. The number of aromatic amines is 1. The lowest BCUT2D eigenvalue weighted by molar-refractivity contribution is -0.128. The molecule has 240 valence electrons. The van der Waals surface area contributed by atoms with Crippen LogP contribution in [0.25, 0.3) is 32.9 Å². The minimum Gasteiger partial charge on any atom is -0.349 e. The Morgan fingerprint density at radius 2 is 1.67 bits per heavy atom. The van der Waals surface area contributed by atoms with E-state index in [2.05, 4.69) is 31.6 Å². The van der Waals surface area contributed by atoms with Gasteiger partial charge in [0.05, 0.1) is 21.6 Å². The normalized spacial score (nSPS) is 16.4. The van der Waals surface area contributed by atoms with Crippen molar-refractivity contribution in [1.29, 1.82) is 0 Å². The summed E-state index contributed by atoms with van der Waals surface area (Å²) in [6, 6.07) is 25.2. The Morgan fingerprint density at radius 1 is 0.979 bits per heavy atom. The van der Waals surface area contributed by atoms with Gasteiger partial charge in [-0.3, -0.25) is 9.89 Å². The molecule has 0 bridgehead atoms. The van der Waals surface area contributed by atoms with Crippen LogP contribution in [0.2, 0.25) is 5.02 Å². The minimum absolute atomic E-state index is 0.0875. The highest BCUT2D eigenvalue weighted by atomic mass is 35.5. The summed E-state index contributed by atoms with van der Waals surface area (Å²) in [5.41, 5.74) is 5.05. The summed E-state index contributed by atoms with van der Waals surface area (Å²) in [7, 11) is 0. The molecule has 4 aromatic carbocycles. The van der Waals surface area contributed by atoms with Crippen molar-refractivity contribution in [3.63, 3.8) is 0 Å². The van der Waals surface area contributed by atoms with Crippen LogP contribution in [0.1, 0.15) is 30.5 Å². The topological polar surface area (TPSA) is 90.4 Å². The van der Waals surface area contributed by atoms with Crippen LogP contribution >= 0.6 is 11.6 Å². The molecule has 6 aromatic rings. The molecule has 1 N–H and O–H groups in total. The zero-order chi connectivity index (χ0) is 33.5. The molecule has 1 aliphatic rings. The monoisotopic (exact) mass is 657 g/mol.